The first-order valence-electron chi connectivity index (χ1n) is 7.93. The summed E-state index contributed by atoms with van der Waals surface area (Å²) in [6.45, 7) is 3.30. The van der Waals surface area contributed by atoms with Gasteiger partial charge in [-0.05, 0) is 49.4 Å². The Morgan fingerprint density at radius 2 is 2.14 bits per heavy atom. The minimum absolute atomic E-state index is 0.0751. The second kappa shape index (κ2) is 6.03. The van der Waals surface area contributed by atoms with Gasteiger partial charge in [-0.25, -0.2) is 0 Å². The molecule has 0 radical (unpaired) electrons. The Morgan fingerprint density at radius 1 is 1.36 bits per heavy atom. The minimum atomic E-state index is -0.389. The third-order valence-electron chi connectivity index (χ3n) is 5.12. The van der Waals surface area contributed by atoms with Crippen molar-refractivity contribution in [3.05, 3.63) is 33.3 Å². The van der Waals surface area contributed by atoms with Crippen LogP contribution in [-0.2, 0) is 17.8 Å². The molecule has 0 saturated heterocycles. The van der Waals surface area contributed by atoms with Crippen molar-refractivity contribution in [3.63, 3.8) is 0 Å². The van der Waals surface area contributed by atoms with Gasteiger partial charge in [-0.15, -0.1) is 0 Å². The van der Waals surface area contributed by atoms with Gasteiger partial charge in [0.1, 0.15) is 0 Å². The molecule has 1 heterocycles. The predicted molar refractivity (Wildman–Crippen MR) is 90.1 cm³/mol. The van der Waals surface area contributed by atoms with Crippen molar-refractivity contribution in [1.82, 2.24) is 4.90 Å². The zero-order chi connectivity index (χ0) is 15.9. The summed E-state index contributed by atoms with van der Waals surface area (Å²) in [6, 6.07) is 3.71. The van der Waals surface area contributed by atoms with E-state index < -0.39 is 0 Å². The zero-order valence-electron chi connectivity index (χ0n) is 12.9. The van der Waals surface area contributed by atoms with Crippen LogP contribution in [0.2, 0.25) is 10.0 Å². The molecule has 120 valence electrons. The average molecular weight is 341 g/mol. The normalized spacial score (nSPS) is 28.4. The van der Waals surface area contributed by atoms with Crippen LogP contribution < -0.4 is 5.73 Å². The van der Waals surface area contributed by atoms with Crippen molar-refractivity contribution in [1.29, 1.82) is 0 Å². The van der Waals surface area contributed by atoms with Crippen molar-refractivity contribution in [2.75, 3.05) is 6.54 Å². The number of nitrogens with two attached hydrogens (primary N) is 1. The number of nitrogens with zero attached hydrogens (tertiary/aromatic N) is 1. The molecule has 3 nitrogen and oxygen atoms in total. The van der Waals surface area contributed by atoms with Gasteiger partial charge in [-0.3, -0.25) is 4.79 Å². The standard InChI is InChI=1S/C17H22Cl2N2O/c1-17(20)6-3-2-4-14(17)16(22)21-7-5-11-8-12(18)9-15(19)13(11)10-21/h8-9,14H,2-7,10,20H2,1H3. The molecule has 1 saturated carbocycles. The Balaban J connectivity index is 1.81. The third-order valence-corrected chi connectivity index (χ3v) is 5.67. The fourth-order valence-electron chi connectivity index (χ4n) is 3.75. The van der Waals surface area contributed by atoms with Crippen LogP contribution in [0.4, 0.5) is 0 Å². The summed E-state index contributed by atoms with van der Waals surface area (Å²) in [6.07, 6.45) is 4.82. The second-order valence-corrected chi connectivity index (χ2v) is 7.68. The van der Waals surface area contributed by atoms with Gasteiger partial charge in [0, 0.05) is 28.7 Å². The molecule has 1 aromatic carbocycles. The summed E-state index contributed by atoms with van der Waals surface area (Å²) < 4.78 is 0. The van der Waals surface area contributed by atoms with Crippen LogP contribution in [0.15, 0.2) is 12.1 Å². The fourth-order valence-corrected chi connectivity index (χ4v) is 4.35. The molecule has 5 heteroatoms. The molecular weight excluding hydrogens is 319 g/mol. The summed E-state index contributed by atoms with van der Waals surface area (Å²) in [4.78, 5) is 14.9. The topological polar surface area (TPSA) is 46.3 Å². The van der Waals surface area contributed by atoms with Crippen molar-refractivity contribution >= 4 is 29.1 Å². The number of benzene rings is 1. The van der Waals surface area contributed by atoms with Crippen LogP contribution in [0.3, 0.4) is 0 Å². The highest BCUT2D eigenvalue weighted by Gasteiger charge is 2.40. The Hall–Kier alpha value is -0.770. The summed E-state index contributed by atoms with van der Waals surface area (Å²) in [5.74, 6) is 0.107. The molecule has 1 amide bonds. The molecule has 1 aliphatic carbocycles. The molecule has 2 unspecified atom stereocenters. The van der Waals surface area contributed by atoms with Crippen molar-refractivity contribution in [2.24, 2.45) is 11.7 Å². The lowest BCUT2D eigenvalue weighted by molar-refractivity contribution is -0.139. The summed E-state index contributed by atoms with van der Waals surface area (Å²) in [7, 11) is 0. The predicted octanol–water partition coefficient (Wildman–Crippen LogP) is 3.79. The van der Waals surface area contributed by atoms with Gasteiger partial charge in [0.25, 0.3) is 0 Å². The SMILES string of the molecule is CC1(N)CCCCC1C(=O)N1CCc2cc(Cl)cc(Cl)c2C1. The molecule has 2 N–H and O–H groups in total. The highest BCUT2D eigenvalue weighted by atomic mass is 35.5. The Bertz CT molecular complexity index is 601. The van der Waals surface area contributed by atoms with E-state index in [0.29, 0.717) is 16.6 Å². The molecule has 2 atom stereocenters. The molecule has 1 aliphatic heterocycles. The van der Waals surface area contributed by atoms with Gasteiger partial charge in [0.15, 0.2) is 0 Å². The quantitative estimate of drug-likeness (QED) is 0.845. The number of amides is 1. The Morgan fingerprint density at radius 3 is 2.86 bits per heavy atom. The van der Waals surface area contributed by atoms with Crippen LogP contribution in [0, 0.1) is 5.92 Å². The van der Waals surface area contributed by atoms with Crippen molar-refractivity contribution in [3.8, 4) is 0 Å². The minimum Gasteiger partial charge on any atom is -0.338 e. The molecular formula is C17H22Cl2N2O. The van der Waals surface area contributed by atoms with Crippen LogP contribution in [0.5, 0.6) is 0 Å². The van der Waals surface area contributed by atoms with Crippen LogP contribution in [-0.4, -0.2) is 22.9 Å². The zero-order valence-corrected chi connectivity index (χ0v) is 14.4. The maximum atomic E-state index is 12.9. The molecule has 3 rings (SSSR count). The largest absolute Gasteiger partial charge is 0.338 e. The van der Waals surface area contributed by atoms with E-state index in [-0.39, 0.29) is 17.4 Å². The van der Waals surface area contributed by atoms with E-state index in [4.69, 9.17) is 28.9 Å². The van der Waals surface area contributed by atoms with E-state index in [0.717, 1.165) is 49.8 Å². The number of fused-ring (bicyclic) bond motifs is 1. The van der Waals surface area contributed by atoms with Crippen LogP contribution in [0.1, 0.15) is 43.7 Å². The molecule has 1 aromatic rings. The van der Waals surface area contributed by atoms with E-state index in [1.165, 1.54) is 0 Å². The average Bonchev–Trinajstić information content (AvgIpc) is 2.45. The first-order valence-corrected chi connectivity index (χ1v) is 8.68. The molecule has 0 spiro atoms. The number of halogens is 2. The van der Waals surface area contributed by atoms with Crippen LogP contribution in [0.25, 0.3) is 0 Å². The van der Waals surface area contributed by atoms with Gasteiger partial charge in [0.05, 0.1) is 5.92 Å². The van der Waals surface area contributed by atoms with Crippen molar-refractivity contribution < 1.29 is 4.79 Å². The lowest BCUT2D eigenvalue weighted by Gasteiger charge is -2.41. The smallest absolute Gasteiger partial charge is 0.227 e. The molecule has 1 fully saturated rings. The van der Waals surface area contributed by atoms with Gasteiger partial charge in [-0.2, -0.15) is 0 Å². The highest BCUT2D eigenvalue weighted by molar-refractivity contribution is 6.35. The molecule has 0 aromatic heterocycles. The molecule has 2 aliphatic rings. The number of hydrogen-bond donors (Lipinski definition) is 1. The van der Waals surface area contributed by atoms with E-state index in [1.807, 2.05) is 17.9 Å². The summed E-state index contributed by atoms with van der Waals surface area (Å²) in [5.41, 5.74) is 8.17. The lowest BCUT2D eigenvalue weighted by Crippen LogP contribution is -2.54. The van der Waals surface area contributed by atoms with E-state index in [2.05, 4.69) is 0 Å². The number of carbonyl (C=O) groups is 1. The first kappa shape index (κ1) is 16.1. The van der Waals surface area contributed by atoms with E-state index in [1.54, 1.807) is 6.07 Å². The van der Waals surface area contributed by atoms with Gasteiger partial charge in [0.2, 0.25) is 5.91 Å². The number of rotatable bonds is 1. The van der Waals surface area contributed by atoms with Crippen molar-refractivity contribution in [2.45, 2.75) is 51.1 Å². The highest BCUT2D eigenvalue weighted by Crippen LogP contribution is 2.35. The summed E-state index contributed by atoms with van der Waals surface area (Å²) in [5, 5.41) is 1.31. The summed E-state index contributed by atoms with van der Waals surface area (Å²) >= 11 is 12.4. The lowest BCUT2D eigenvalue weighted by atomic mass is 9.73. The first-order chi connectivity index (χ1) is 10.4. The molecule has 0 bridgehead atoms. The second-order valence-electron chi connectivity index (χ2n) is 6.84. The number of carbonyl (C=O) groups excluding carboxylic acids is 1. The van der Waals surface area contributed by atoms with Gasteiger partial charge >= 0.3 is 0 Å². The van der Waals surface area contributed by atoms with Gasteiger partial charge in [-0.1, -0.05) is 36.0 Å². The monoisotopic (exact) mass is 340 g/mol. The maximum Gasteiger partial charge on any atom is 0.227 e. The maximum absolute atomic E-state index is 12.9. The van der Waals surface area contributed by atoms with E-state index >= 15 is 0 Å². The Kier molecular flexibility index (Phi) is 4.41. The number of hydrogen-bond acceptors (Lipinski definition) is 2. The fraction of sp³-hybridized carbons (Fsp3) is 0.588. The van der Waals surface area contributed by atoms with Crippen LogP contribution >= 0.6 is 23.2 Å². The molecule has 22 heavy (non-hydrogen) atoms. The Labute approximate surface area is 141 Å². The third kappa shape index (κ3) is 2.99. The van der Waals surface area contributed by atoms with Gasteiger partial charge < -0.3 is 10.6 Å². The van der Waals surface area contributed by atoms with E-state index in [9.17, 15) is 4.79 Å².